The van der Waals surface area contributed by atoms with E-state index in [1.165, 1.54) is 0 Å². The first-order valence-corrected chi connectivity index (χ1v) is 0.365. The van der Waals surface area contributed by atoms with Crippen LogP contribution < -0.4 is 0 Å². The van der Waals surface area contributed by atoms with Gasteiger partial charge in [0.25, 0.3) is 0 Å². The van der Waals surface area contributed by atoms with Gasteiger partial charge in [0.15, 0.2) is 0 Å². The van der Waals surface area contributed by atoms with Gasteiger partial charge in [-0.2, -0.15) is 0 Å². The van der Waals surface area contributed by atoms with Crippen LogP contribution >= 0.6 is 0 Å². The molecule has 0 aromatic carbocycles. The minimum Gasteiger partial charge on any atom is -0.693 e. The molecular weight excluding hydrogens is 175 g/mol. The van der Waals surface area contributed by atoms with E-state index in [-0.39, 0.29) is 47.5 Å². The predicted molar refractivity (Wildman–Crippen MR) is 35.6 cm³/mol. The van der Waals surface area contributed by atoms with Gasteiger partial charge in [-0.3, -0.25) is 0 Å². The first-order chi connectivity index (χ1) is 1.41. The molecule has 0 saturated carbocycles. The van der Waals surface area contributed by atoms with Gasteiger partial charge in [0.2, 0.25) is 0 Å². The average Bonchev–Trinajstić information content (AvgIpc) is 0.918. The summed E-state index contributed by atoms with van der Waals surface area (Å²) in [6.45, 7) is 0. The Labute approximate surface area is 63.8 Å². The first kappa shape index (κ1) is 178. The molecule has 0 aromatic rings. The number of nitrogens with two attached hydrogens (primary N) is 5. The van der Waals surface area contributed by atoms with Crippen LogP contribution in [0.1, 0.15) is 0 Å². The Morgan fingerprint density at radius 1 is 0.889 bits per heavy atom. The van der Waals surface area contributed by atoms with E-state index >= 15 is 0 Å². The number of rotatable bonds is 0. The van der Waals surface area contributed by atoms with Crippen molar-refractivity contribution in [3.63, 3.8) is 0 Å². The molecule has 0 aliphatic rings. The van der Waals surface area contributed by atoms with Crippen LogP contribution in [0.3, 0.4) is 0 Å². The molecule has 9 heteroatoms. The van der Waals surface area contributed by atoms with Crippen molar-refractivity contribution in [3.05, 3.63) is 40.9 Å². The minimum atomic E-state index is 0. The van der Waals surface area contributed by atoms with Gasteiger partial charge in [-0.25, -0.2) is 0 Å². The van der Waals surface area contributed by atoms with E-state index in [2.05, 4.69) is 0 Å². The third-order valence-corrected chi connectivity index (χ3v) is 0. The molecule has 0 bridgehead atoms. The van der Waals surface area contributed by atoms with E-state index in [0.29, 0.717) is 0 Å². The van der Waals surface area contributed by atoms with E-state index in [1.807, 2.05) is 0 Å². The fourth-order valence-corrected chi connectivity index (χ4v) is 0. The van der Waals surface area contributed by atoms with Gasteiger partial charge in [0.05, 0.1) is 0 Å². The molecule has 0 rings (SSSR count). The Kier molecular flexibility index (Phi) is 13700. The molecule has 0 heterocycles. The number of hydrogen-bond donors (Lipinski definition) is 0. The van der Waals surface area contributed by atoms with Crippen LogP contribution in [0.2, 0.25) is 0 Å². The molecule has 1 radical (unpaired) electrons. The summed E-state index contributed by atoms with van der Waals surface area (Å²) in [6, 6.07) is 0. The van der Waals surface area contributed by atoms with Crippen LogP contribution in [0.4, 0.5) is 0 Å². The van der Waals surface area contributed by atoms with Gasteiger partial charge < -0.3 is 40.9 Å². The normalized spacial score (nSPS) is 1.33. The molecule has 0 amide bonds. The van der Waals surface area contributed by atoms with E-state index in [4.69, 9.17) is 10.1 Å². The molecule has 8 nitrogen and oxygen atoms in total. The van der Waals surface area contributed by atoms with Crippen LogP contribution in [0.5, 0.6) is 0 Å². The Hall–Kier alpha value is -0.294. The Balaban J connectivity index is -0.00000000133. The zero-order chi connectivity index (χ0) is 2.71. The van der Waals surface area contributed by atoms with Crippen molar-refractivity contribution in [3.8, 4) is 0 Å². The predicted octanol–water partition coefficient (Wildman–Crippen LogP) is 3.83. The van der Waals surface area contributed by atoms with Gasteiger partial charge in [-0.05, 0) is 0 Å². The second-order valence-electron chi connectivity index (χ2n) is 0.0745. The Morgan fingerprint density at radius 2 is 0.889 bits per heavy atom. The Bertz CT molecular complexity index is 18.5. The van der Waals surface area contributed by atoms with Gasteiger partial charge in [0, 0.05) is 0 Å². The molecular formula is H10CoN6O2-4. The van der Waals surface area contributed by atoms with Crippen molar-refractivity contribution in [1.29, 1.82) is 0 Å². The fourth-order valence-electron chi connectivity index (χ4n) is 0. The monoisotopic (exact) mass is 185 g/mol. The van der Waals surface area contributed by atoms with Crippen LogP contribution in [0.25, 0.3) is 30.8 Å². The Morgan fingerprint density at radius 3 is 0.889 bits per heavy atom. The molecule has 9 heavy (non-hydrogen) atoms. The maximum atomic E-state index is 8.00. The van der Waals surface area contributed by atoms with Crippen molar-refractivity contribution >= 4 is 0 Å². The molecule has 0 saturated heterocycles. The molecule has 10 N–H and O–H groups in total. The van der Waals surface area contributed by atoms with E-state index in [1.54, 1.807) is 0 Å². The topological polar surface area (TPSA) is 220 Å². The summed E-state index contributed by atoms with van der Waals surface area (Å²) in [5.41, 5.74) is 0. The molecule has 0 aromatic heterocycles. The molecule has 0 spiro atoms. The summed E-state index contributed by atoms with van der Waals surface area (Å²) >= 11 is 0. The maximum absolute atomic E-state index is 8.00. The molecule has 65 valence electrons. The second kappa shape index (κ2) is 694. The van der Waals surface area contributed by atoms with Crippen LogP contribution in [0.15, 0.2) is 5.34 Å². The zero-order valence-corrected chi connectivity index (χ0v) is 5.52. The maximum Gasteiger partial charge on any atom is 2.00 e. The zero-order valence-electron chi connectivity index (χ0n) is 4.48. The number of hydrogen-bond acceptors (Lipinski definition) is 3. The molecule has 0 atom stereocenters. The fraction of sp³-hybridized carbons (Fsp3) is 0. The average molecular weight is 185 g/mol. The smallest absolute Gasteiger partial charge is 0.693 e. The van der Waals surface area contributed by atoms with Crippen LogP contribution in [-0.2, 0) is 16.8 Å². The summed E-state index contributed by atoms with van der Waals surface area (Å²) in [5, 5.41) is 9.00. The van der Waals surface area contributed by atoms with Crippen molar-refractivity contribution in [2.24, 2.45) is 5.34 Å². The summed E-state index contributed by atoms with van der Waals surface area (Å²) in [7, 11) is 0. The molecule has 0 aliphatic carbocycles. The van der Waals surface area contributed by atoms with E-state index in [0.717, 1.165) is 5.34 Å². The third kappa shape index (κ3) is 2910. The van der Waals surface area contributed by atoms with Gasteiger partial charge in [-0.15, -0.1) is 5.34 Å². The molecule has 0 aliphatic heterocycles. The largest absolute Gasteiger partial charge is 2.00 e. The second-order valence-corrected chi connectivity index (χ2v) is 0.0745. The minimum absolute atomic E-state index is 0. The number of nitrogens with zero attached hydrogens (tertiary/aromatic N) is 1. The first-order valence-electron chi connectivity index (χ1n) is 0.365. The van der Waals surface area contributed by atoms with Crippen molar-refractivity contribution in [1.82, 2.24) is 0 Å². The van der Waals surface area contributed by atoms with E-state index < -0.39 is 0 Å². The standard InChI is InChI=1S/Co.HNO2.5H2N/c;2-1-3;;;;;/h;(H,2,3);5*1H2/q+2;;5*-1/p-1. The van der Waals surface area contributed by atoms with Gasteiger partial charge in [0.1, 0.15) is 0 Å². The SMILES string of the molecule is O=N[O-].[Co+2].[NH2-].[NH2-].[NH2-].[NH2-].[NH2-]. The van der Waals surface area contributed by atoms with Crippen molar-refractivity contribution in [2.75, 3.05) is 0 Å². The summed E-state index contributed by atoms with van der Waals surface area (Å²) in [4.78, 5) is 8.00. The van der Waals surface area contributed by atoms with Crippen LogP contribution in [-0.4, -0.2) is 0 Å². The summed E-state index contributed by atoms with van der Waals surface area (Å²) in [6.07, 6.45) is 0. The summed E-state index contributed by atoms with van der Waals surface area (Å²) in [5.74, 6) is 0. The molecule has 0 unspecified atom stereocenters. The third-order valence-electron chi connectivity index (χ3n) is 0. The van der Waals surface area contributed by atoms with Crippen molar-refractivity contribution in [2.45, 2.75) is 0 Å². The van der Waals surface area contributed by atoms with Crippen LogP contribution in [0, 0.1) is 10.1 Å². The van der Waals surface area contributed by atoms with Gasteiger partial charge >= 0.3 is 16.8 Å². The quantitative estimate of drug-likeness (QED) is 0.404. The molecule has 0 fully saturated rings. The van der Waals surface area contributed by atoms with Crippen molar-refractivity contribution < 1.29 is 16.8 Å². The van der Waals surface area contributed by atoms with E-state index in [9.17, 15) is 0 Å². The summed E-state index contributed by atoms with van der Waals surface area (Å²) < 4.78 is 0. The van der Waals surface area contributed by atoms with Gasteiger partial charge in [-0.1, -0.05) is 0 Å².